The van der Waals surface area contributed by atoms with E-state index in [1.165, 1.54) is 0 Å². The average molecular weight is 305 g/mol. The number of hydrogen-bond acceptors (Lipinski definition) is 3. The maximum Gasteiger partial charge on any atom is 0.276 e. The number of nitrogens with zero attached hydrogens (tertiary/aromatic N) is 1. The van der Waals surface area contributed by atoms with Crippen LogP contribution in [0.3, 0.4) is 0 Å². The van der Waals surface area contributed by atoms with Crippen LogP contribution < -0.4 is 10.3 Å². The van der Waals surface area contributed by atoms with E-state index >= 15 is 0 Å². The standard InChI is InChI=1S/C18H15N3O2/c1-10-7-14-11(9-16(10)23-2)8-15(19-14)17-18(22)21-13-6-4-3-5-12(13)20-17/h3-9,19H,1-2H3,(H,21,22). The molecule has 0 aliphatic carbocycles. The van der Waals surface area contributed by atoms with Gasteiger partial charge in [0.05, 0.1) is 23.8 Å². The van der Waals surface area contributed by atoms with Crippen LogP contribution in [0.15, 0.2) is 47.3 Å². The molecule has 0 unspecified atom stereocenters. The molecule has 0 atom stereocenters. The molecule has 2 N–H and O–H groups in total. The monoisotopic (exact) mass is 305 g/mol. The zero-order chi connectivity index (χ0) is 16.0. The molecule has 0 saturated heterocycles. The largest absolute Gasteiger partial charge is 0.496 e. The van der Waals surface area contributed by atoms with Crippen molar-refractivity contribution in [1.29, 1.82) is 0 Å². The summed E-state index contributed by atoms with van der Waals surface area (Å²) in [6.07, 6.45) is 0. The number of methoxy groups -OCH3 is 1. The predicted octanol–water partition coefficient (Wildman–Crippen LogP) is 3.39. The van der Waals surface area contributed by atoms with Crippen LogP contribution in [0.4, 0.5) is 0 Å². The highest BCUT2D eigenvalue weighted by atomic mass is 16.5. The van der Waals surface area contributed by atoms with Gasteiger partial charge in [-0.1, -0.05) is 12.1 Å². The van der Waals surface area contributed by atoms with Crippen LogP contribution in [-0.4, -0.2) is 22.1 Å². The highest BCUT2D eigenvalue weighted by Gasteiger charge is 2.12. The molecule has 4 rings (SSSR count). The molecule has 114 valence electrons. The highest BCUT2D eigenvalue weighted by molar-refractivity contribution is 5.88. The summed E-state index contributed by atoms with van der Waals surface area (Å²) in [4.78, 5) is 23.0. The molecule has 0 bridgehead atoms. The number of H-pyrrole nitrogens is 2. The first-order valence-electron chi connectivity index (χ1n) is 7.32. The first-order chi connectivity index (χ1) is 11.2. The number of para-hydroxylation sites is 2. The minimum atomic E-state index is -0.209. The lowest BCUT2D eigenvalue weighted by atomic mass is 10.1. The van der Waals surface area contributed by atoms with Gasteiger partial charge in [-0.25, -0.2) is 4.98 Å². The van der Waals surface area contributed by atoms with Gasteiger partial charge in [0.15, 0.2) is 5.69 Å². The summed E-state index contributed by atoms with van der Waals surface area (Å²) in [6.45, 7) is 1.99. The zero-order valence-electron chi connectivity index (χ0n) is 12.8. The Balaban J connectivity index is 1.95. The van der Waals surface area contributed by atoms with Crippen molar-refractivity contribution in [2.75, 3.05) is 7.11 Å². The van der Waals surface area contributed by atoms with E-state index in [-0.39, 0.29) is 5.56 Å². The summed E-state index contributed by atoms with van der Waals surface area (Å²) >= 11 is 0. The third-order valence-electron chi connectivity index (χ3n) is 3.99. The molecule has 5 heteroatoms. The molecule has 2 heterocycles. The Kier molecular flexibility index (Phi) is 2.94. The number of fused-ring (bicyclic) bond motifs is 2. The molecule has 0 spiro atoms. The molecule has 0 aliphatic rings. The van der Waals surface area contributed by atoms with Crippen molar-refractivity contribution in [2.24, 2.45) is 0 Å². The van der Waals surface area contributed by atoms with E-state index in [9.17, 15) is 4.79 Å². The Bertz CT molecular complexity index is 1090. The summed E-state index contributed by atoms with van der Waals surface area (Å²) in [5.41, 5.74) is 4.35. The van der Waals surface area contributed by atoms with E-state index in [1.54, 1.807) is 7.11 Å². The summed E-state index contributed by atoms with van der Waals surface area (Å²) in [5, 5.41) is 0.983. The molecule has 2 aromatic heterocycles. The van der Waals surface area contributed by atoms with Crippen molar-refractivity contribution in [3.63, 3.8) is 0 Å². The molecular weight excluding hydrogens is 290 g/mol. The first-order valence-corrected chi connectivity index (χ1v) is 7.32. The van der Waals surface area contributed by atoms with Crippen LogP contribution >= 0.6 is 0 Å². The SMILES string of the molecule is COc1cc2cc(-c3nc4ccccc4[nH]c3=O)[nH]c2cc1C. The third kappa shape index (κ3) is 2.17. The van der Waals surface area contributed by atoms with E-state index in [4.69, 9.17) is 4.74 Å². The fourth-order valence-electron chi connectivity index (χ4n) is 2.83. The van der Waals surface area contributed by atoms with Crippen molar-refractivity contribution in [1.82, 2.24) is 15.0 Å². The van der Waals surface area contributed by atoms with Crippen LogP contribution in [0.25, 0.3) is 33.3 Å². The van der Waals surface area contributed by atoms with E-state index < -0.39 is 0 Å². The van der Waals surface area contributed by atoms with Gasteiger partial charge in [-0.3, -0.25) is 4.79 Å². The number of ether oxygens (including phenoxy) is 1. The fraction of sp³-hybridized carbons (Fsp3) is 0.111. The van der Waals surface area contributed by atoms with Crippen molar-refractivity contribution in [3.05, 3.63) is 58.4 Å². The van der Waals surface area contributed by atoms with Gasteiger partial charge in [0.25, 0.3) is 5.56 Å². The smallest absolute Gasteiger partial charge is 0.276 e. The Hall–Kier alpha value is -3.08. The lowest BCUT2D eigenvalue weighted by Gasteiger charge is -2.03. The lowest BCUT2D eigenvalue weighted by Crippen LogP contribution is -2.11. The number of rotatable bonds is 2. The van der Waals surface area contributed by atoms with E-state index in [1.807, 2.05) is 49.4 Å². The molecule has 0 radical (unpaired) electrons. The second-order valence-electron chi connectivity index (χ2n) is 5.52. The van der Waals surface area contributed by atoms with Gasteiger partial charge < -0.3 is 14.7 Å². The molecule has 4 aromatic rings. The van der Waals surface area contributed by atoms with Crippen molar-refractivity contribution in [3.8, 4) is 17.1 Å². The predicted molar refractivity (Wildman–Crippen MR) is 90.9 cm³/mol. The zero-order valence-corrected chi connectivity index (χ0v) is 12.8. The first kappa shape index (κ1) is 13.6. The molecular formula is C18H15N3O2. The fourth-order valence-corrected chi connectivity index (χ4v) is 2.83. The van der Waals surface area contributed by atoms with Crippen molar-refractivity contribution < 1.29 is 4.74 Å². The van der Waals surface area contributed by atoms with Crippen molar-refractivity contribution >= 4 is 21.9 Å². The number of aromatic amines is 2. The van der Waals surface area contributed by atoms with Crippen molar-refractivity contribution in [2.45, 2.75) is 6.92 Å². The highest BCUT2D eigenvalue weighted by Crippen LogP contribution is 2.28. The van der Waals surface area contributed by atoms with Gasteiger partial charge in [0.1, 0.15) is 5.75 Å². The molecule has 2 aromatic carbocycles. The Morgan fingerprint density at radius 3 is 2.70 bits per heavy atom. The Labute approximate surface area is 132 Å². The second kappa shape index (κ2) is 4.98. The lowest BCUT2D eigenvalue weighted by molar-refractivity contribution is 0.412. The van der Waals surface area contributed by atoms with Gasteiger partial charge in [0, 0.05) is 10.9 Å². The summed E-state index contributed by atoms with van der Waals surface area (Å²) < 4.78 is 5.35. The molecule has 0 amide bonds. The third-order valence-corrected chi connectivity index (χ3v) is 3.99. The van der Waals surface area contributed by atoms with E-state index in [0.717, 1.165) is 33.2 Å². The molecule has 23 heavy (non-hydrogen) atoms. The number of nitrogens with one attached hydrogen (secondary N) is 2. The van der Waals surface area contributed by atoms with E-state index in [0.29, 0.717) is 11.4 Å². The van der Waals surface area contributed by atoms with Crippen LogP contribution in [0.1, 0.15) is 5.56 Å². The van der Waals surface area contributed by atoms with Crippen LogP contribution in [0, 0.1) is 6.92 Å². The normalized spacial score (nSPS) is 11.2. The summed E-state index contributed by atoms with van der Waals surface area (Å²) in [5.74, 6) is 0.823. The minimum Gasteiger partial charge on any atom is -0.496 e. The van der Waals surface area contributed by atoms with Crippen LogP contribution in [0.2, 0.25) is 0 Å². The van der Waals surface area contributed by atoms with Gasteiger partial charge in [-0.2, -0.15) is 0 Å². The van der Waals surface area contributed by atoms with Crippen LogP contribution in [0.5, 0.6) is 5.75 Å². The number of benzene rings is 2. The number of aromatic nitrogens is 3. The van der Waals surface area contributed by atoms with E-state index in [2.05, 4.69) is 15.0 Å². The number of hydrogen-bond donors (Lipinski definition) is 2. The molecule has 0 fully saturated rings. The summed E-state index contributed by atoms with van der Waals surface area (Å²) in [6, 6.07) is 13.4. The van der Waals surface area contributed by atoms with Gasteiger partial charge >= 0.3 is 0 Å². The Morgan fingerprint density at radius 1 is 1.04 bits per heavy atom. The number of aryl methyl sites for hydroxylation is 1. The molecule has 0 aliphatic heterocycles. The molecule has 5 nitrogen and oxygen atoms in total. The topological polar surface area (TPSA) is 70.8 Å². The minimum absolute atomic E-state index is 0.209. The van der Waals surface area contributed by atoms with Crippen LogP contribution in [-0.2, 0) is 0 Å². The second-order valence-corrected chi connectivity index (χ2v) is 5.52. The Morgan fingerprint density at radius 2 is 1.87 bits per heavy atom. The maximum atomic E-state index is 12.3. The maximum absolute atomic E-state index is 12.3. The summed E-state index contributed by atoms with van der Waals surface area (Å²) in [7, 11) is 1.65. The molecule has 0 saturated carbocycles. The van der Waals surface area contributed by atoms with Gasteiger partial charge in [0.2, 0.25) is 0 Å². The van der Waals surface area contributed by atoms with Gasteiger partial charge in [-0.05, 0) is 42.8 Å². The van der Waals surface area contributed by atoms with Gasteiger partial charge in [-0.15, -0.1) is 0 Å². The average Bonchev–Trinajstić information content (AvgIpc) is 2.95. The quantitative estimate of drug-likeness (QED) is 0.596.